The number of rotatable bonds is 8. The second kappa shape index (κ2) is 9.84. The molecule has 0 aliphatic carbocycles. The van der Waals surface area contributed by atoms with Crippen LogP contribution >= 0.6 is 23.2 Å². The Morgan fingerprint density at radius 3 is 1.82 bits per heavy atom. The van der Waals surface area contributed by atoms with E-state index in [4.69, 9.17) is 0 Å². The lowest BCUT2D eigenvalue weighted by atomic mass is 10.1. The molecule has 0 saturated heterocycles. The molecule has 3 aromatic carbocycles. The minimum Gasteiger partial charge on any atom is -0.297 e. The van der Waals surface area contributed by atoms with Crippen molar-refractivity contribution in [2.24, 2.45) is 0 Å². The van der Waals surface area contributed by atoms with E-state index in [0.717, 1.165) is 20.7 Å². The Balaban J connectivity index is 2.01. The minimum atomic E-state index is -3.04. The quantitative estimate of drug-likeness (QED) is 0.341. The summed E-state index contributed by atoms with van der Waals surface area (Å²) in [6.07, 6.45) is 4.55. The Labute approximate surface area is 175 Å². The SMILES string of the molecule is C=CC[C@@H](NP(=O)(c1ccccc1)c1ccccc1)C(Br)=Cc1ccccc1. The van der Waals surface area contributed by atoms with Crippen LogP contribution in [0, 0.1) is 0 Å². The summed E-state index contributed by atoms with van der Waals surface area (Å²) in [5.41, 5.74) is 1.08. The third-order valence-electron chi connectivity index (χ3n) is 4.42. The molecule has 0 aromatic heterocycles. The van der Waals surface area contributed by atoms with Crippen LogP contribution in [0.4, 0.5) is 0 Å². The highest BCUT2D eigenvalue weighted by atomic mass is 79.9. The van der Waals surface area contributed by atoms with E-state index in [1.54, 1.807) is 0 Å². The molecule has 0 aliphatic rings. The summed E-state index contributed by atoms with van der Waals surface area (Å²) >= 11 is 3.71. The van der Waals surface area contributed by atoms with Gasteiger partial charge in [-0.05, 0) is 42.3 Å². The van der Waals surface area contributed by atoms with Crippen molar-refractivity contribution < 1.29 is 4.57 Å². The second-order valence-electron chi connectivity index (χ2n) is 6.43. The topological polar surface area (TPSA) is 29.1 Å². The lowest BCUT2D eigenvalue weighted by Crippen LogP contribution is -2.35. The number of hydrogen-bond acceptors (Lipinski definition) is 1. The maximum absolute atomic E-state index is 14.3. The predicted molar refractivity (Wildman–Crippen MR) is 125 cm³/mol. The Morgan fingerprint density at radius 1 is 0.893 bits per heavy atom. The highest BCUT2D eigenvalue weighted by Gasteiger charge is 2.30. The summed E-state index contributed by atoms with van der Waals surface area (Å²) in [6, 6.07) is 29.1. The highest BCUT2D eigenvalue weighted by Crippen LogP contribution is 2.41. The average molecular weight is 452 g/mol. The van der Waals surface area contributed by atoms with E-state index in [-0.39, 0.29) is 6.04 Å². The lowest BCUT2D eigenvalue weighted by molar-refractivity contribution is 0.571. The smallest absolute Gasteiger partial charge is 0.205 e. The predicted octanol–water partition coefficient (Wildman–Crippen LogP) is 5.89. The Morgan fingerprint density at radius 2 is 1.36 bits per heavy atom. The monoisotopic (exact) mass is 451 g/mol. The average Bonchev–Trinajstić information content (AvgIpc) is 2.75. The molecule has 0 saturated carbocycles. The fourth-order valence-corrected chi connectivity index (χ4v) is 6.20. The van der Waals surface area contributed by atoms with Gasteiger partial charge in [0.25, 0.3) is 0 Å². The molecule has 4 heteroatoms. The molecule has 1 N–H and O–H groups in total. The largest absolute Gasteiger partial charge is 0.297 e. The van der Waals surface area contributed by atoms with Gasteiger partial charge >= 0.3 is 0 Å². The summed E-state index contributed by atoms with van der Waals surface area (Å²) in [5.74, 6) is 0. The van der Waals surface area contributed by atoms with Gasteiger partial charge in [-0.25, -0.2) is 0 Å². The summed E-state index contributed by atoms with van der Waals surface area (Å²) in [6.45, 7) is 3.89. The van der Waals surface area contributed by atoms with E-state index in [0.29, 0.717) is 6.42 Å². The van der Waals surface area contributed by atoms with Gasteiger partial charge in [-0.15, -0.1) is 6.58 Å². The third kappa shape index (κ3) is 4.99. The normalized spacial score (nSPS) is 13.1. The summed E-state index contributed by atoms with van der Waals surface area (Å²) in [7, 11) is -3.04. The van der Waals surface area contributed by atoms with E-state index in [1.807, 2.05) is 97.1 Å². The molecule has 3 aromatic rings. The Kier molecular flexibility index (Phi) is 7.22. The van der Waals surface area contributed by atoms with Crippen LogP contribution in [0.2, 0.25) is 0 Å². The van der Waals surface area contributed by atoms with Gasteiger partial charge in [0.15, 0.2) is 0 Å². The first kappa shape index (κ1) is 20.5. The van der Waals surface area contributed by atoms with Crippen LogP contribution in [0.1, 0.15) is 12.0 Å². The van der Waals surface area contributed by atoms with Crippen LogP contribution in [-0.4, -0.2) is 6.04 Å². The van der Waals surface area contributed by atoms with Crippen molar-refractivity contribution in [2.75, 3.05) is 0 Å². The van der Waals surface area contributed by atoms with Gasteiger partial charge in [-0.3, -0.25) is 9.65 Å². The molecule has 0 bridgehead atoms. The summed E-state index contributed by atoms with van der Waals surface area (Å²) in [4.78, 5) is 0. The molecule has 0 unspecified atom stereocenters. The van der Waals surface area contributed by atoms with Crippen LogP contribution in [0.3, 0.4) is 0 Å². The van der Waals surface area contributed by atoms with Crippen molar-refractivity contribution in [1.29, 1.82) is 0 Å². The minimum absolute atomic E-state index is 0.163. The molecular formula is C24H23BrNOP. The van der Waals surface area contributed by atoms with Crippen LogP contribution < -0.4 is 15.7 Å². The van der Waals surface area contributed by atoms with Crippen molar-refractivity contribution >= 4 is 39.9 Å². The van der Waals surface area contributed by atoms with Crippen LogP contribution in [0.5, 0.6) is 0 Å². The van der Waals surface area contributed by atoms with E-state index in [1.165, 1.54) is 0 Å². The molecule has 3 rings (SSSR count). The van der Waals surface area contributed by atoms with Gasteiger partial charge in [0.1, 0.15) is 0 Å². The third-order valence-corrected chi connectivity index (χ3v) is 7.92. The molecular weight excluding hydrogens is 429 g/mol. The lowest BCUT2D eigenvalue weighted by Gasteiger charge is -2.26. The molecule has 0 spiro atoms. The number of nitrogens with one attached hydrogen (secondary N) is 1. The van der Waals surface area contributed by atoms with Gasteiger partial charge in [-0.1, -0.05) is 88.7 Å². The first-order chi connectivity index (χ1) is 13.6. The Bertz CT molecular complexity index is 928. The van der Waals surface area contributed by atoms with Crippen molar-refractivity contribution in [1.82, 2.24) is 5.09 Å². The van der Waals surface area contributed by atoms with Gasteiger partial charge in [0.2, 0.25) is 7.29 Å². The standard InChI is InChI=1S/C24H23BrNOP/c1-2-12-24(23(25)19-20-13-6-3-7-14-20)26-28(27,21-15-8-4-9-16-21)22-17-10-5-11-18-22/h2-11,13-19,24H,1,12H2,(H,26,27)/t24-/m1/s1. The molecule has 0 amide bonds. The van der Waals surface area contributed by atoms with Crippen LogP contribution in [0.25, 0.3) is 6.08 Å². The molecule has 0 heterocycles. The fraction of sp³-hybridized carbons (Fsp3) is 0.0833. The van der Waals surface area contributed by atoms with Crippen molar-refractivity contribution in [2.45, 2.75) is 12.5 Å². The second-order valence-corrected chi connectivity index (χ2v) is 9.85. The van der Waals surface area contributed by atoms with Crippen LogP contribution in [0.15, 0.2) is 108 Å². The summed E-state index contributed by atoms with van der Waals surface area (Å²) in [5, 5.41) is 5.03. The van der Waals surface area contributed by atoms with Crippen molar-refractivity contribution in [3.05, 3.63) is 114 Å². The summed E-state index contributed by atoms with van der Waals surface area (Å²) < 4.78 is 15.2. The maximum Gasteiger partial charge on any atom is 0.205 e. The molecule has 28 heavy (non-hydrogen) atoms. The first-order valence-corrected chi connectivity index (χ1v) is 11.7. The number of hydrogen-bond donors (Lipinski definition) is 1. The number of benzene rings is 3. The van der Waals surface area contributed by atoms with E-state index >= 15 is 0 Å². The van der Waals surface area contributed by atoms with Crippen molar-refractivity contribution in [3.63, 3.8) is 0 Å². The molecule has 0 fully saturated rings. The maximum atomic E-state index is 14.3. The zero-order valence-corrected chi connectivity index (χ0v) is 18.0. The molecule has 0 radical (unpaired) electrons. The first-order valence-electron chi connectivity index (χ1n) is 9.15. The number of halogens is 1. The van der Waals surface area contributed by atoms with Gasteiger partial charge in [0, 0.05) is 21.1 Å². The van der Waals surface area contributed by atoms with Gasteiger partial charge < -0.3 is 0 Å². The van der Waals surface area contributed by atoms with Crippen LogP contribution in [-0.2, 0) is 4.57 Å². The fourth-order valence-electron chi connectivity index (χ4n) is 3.00. The Hall–Kier alpha value is -2.19. The molecule has 2 nitrogen and oxygen atoms in total. The van der Waals surface area contributed by atoms with Gasteiger partial charge in [0.05, 0.1) is 0 Å². The molecule has 0 aliphatic heterocycles. The van der Waals surface area contributed by atoms with E-state index < -0.39 is 7.29 Å². The highest BCUT2D eigenvalue weighted by molar-refractivity contribution is 9.11. The van der Waals surface area contributed by atoms with E-state index in [2.05, 4.69) is 33.7 Å². The van der Waals surface area contributed by atoms with Gasteiger partial charge in [-0.2, -0.15) is 0 Å². The molecule has 1 atom stereocenters. The zero-order chi connectivity index (χ0) is 19.8. The van der Waals surface area contributed by atoms with E-state index in [9.17, 15) is 4.57 Å². The zero-order valence-electron chi connectivity index (χ0n) is 15.5. The van der Waals surface area contributed by atoms with Crippen molar-refractivity contribution in [3.8, 4) is 0 Å². The molecule has 142 valence electrons.